The van der Waals surface area contributed by atoms with Crippen molar-refractivity contribution in [3.63, 3.8) is 0 Å². The Balaban J connectivity index is 2.39. The van der Waals surface area contributed by atoms with Crippen LogP contribution < -0.4 is 5.73 Å². The predicted octanol–water partition coefficient (Wildman–Crippen LogP) is 1.65. The van der Waals surface area contributed by atoms with Gasteiger partial charge in [0.05, 0.1) is 0 Å². The Morgan fingerprint density at radius 2 is 2.25 bits per heavy atom. The van der Waals surface area contributed by atoms with Crippen LogP contribution in [0, 0.1) is 11.8 Å². The zero-order chi connectivity index (χ0) is 8.88. The molecule has 1 nitrogen and oxygen atoms in total. The monoisotopic (exact) mass is 187 g/mol. The number of rotatable bonds is 1. The van der Waals surface area contributed by atoms with Crippen molar-refractivity contribution in [1.29, 1.82) is 0 Å². The number of nitrogens with two attached hydrogens (primary N) is 1. The summed E-state index contributed by atoms with van der Waals surface area (Å²) in [5.41, 5.74) is 5.46. The smallest absolute Gasteiger partial charge is 0.129 e. The number of hydrogen-bond donors (Lipinski definition) is 1. The van der Waals surface area contributed by atoms with E-state index in [1.165, 1.54) is 12.2 Å². The van der Waals surface area contributed by atoms with E-state index < -0.39 is 17.9 Å². The summed E-state index contributed by atoms with van der Waals surface area (Å²) < 4.78 is 25.9. The molecule has 2 aliphatic carbocycles. The average molecular weight is 187 g/mol. The summed E-state index contributed by atoms with van der Waals surface area (Å²) in [6.07, 6.45) is 1.79. The van der Waals surface area contributed by atoms with Gasteiger partial charge in [-0.1, -0.05) is 18.3 Å². The van der Waals surface area contributed by atoms with Gasteiger partial charge in [-0.25, -0.2) is 8.78 Å². The van der Waals surface area contributed by atoms with Crippen molar-refractivity contribution < 1.29 is 8.78 Å². The fraction of sp³-hybridized carbons (Fsp3) is 0.375. The van der Waals surface area contributed by atoms with Crippen LogP contribution in [0.1, 0.15) is 0 Å². The molecule has 3 atom stereocenters. The summed E-state index contributed by atoms with van der Waals surface area (Å²) in [5, 5.41) is 0. The van der Waals surface area contributed by atoms with Gasteiger partial charge in [0.25, 0.3) is 0 Å². The maximum Gasteiger partial charge on any atom is 0.129 e. The SMILES string of the molecule is NC(=S)C1=C(F)C=CC2C(F)C12. The van der Waals surface area contributed by atoms with Gasteiger partial charge < -0.3 is 5.73 Å². The molecule has 4 heteroatoms. The highest BCUT2D eigenvalue weighted by atomic mass is 32.1. The molecule has 0 aliphatic heterocycles. The zero-order valence-electron chi connectivity index (χ0n) is 6.13. The van der Waals surface area contributed by atoms with Crippen LogP contribution in [0.15, 0.2) is 23.6 Å². The summed E-state index contributed by atoms with van der Waals surface area (Å²) in [6, 6.07) is 0. The molecule has 0 amide bonds. The van der Waals surface area contributed by atoms with Crippen LogP contribution in [-0.4, -0.2) is 11.2 Å². The molecule has 0 radical (unpaired) electrons. The maximum atomic E-state index is 13.0. The molecule has 0 aromatic carbocycles. The van der Waals surface area contributed by atoms with Crippen molar-refractivity contribution in [1.82, 2.24) is 0 Å². The highest BCUT2D eigenvalue weighted by Gasteiger charge is 2.54. The number of halogens is 2. The number of alkyl halides is 1. The second kappa shape index (κ2) is 2.36. The molecule has 2 rings (SSSR count). The molecule has 0 saturated heterocycles. The lowest BCUT2D eigenvalue weighted by Gasteiger charge is -2.06. The van der Waals surface area contributed by atoms with E-state index in [0.717, 1.165) is 0 Å². The Kier molecular flexibility index (Phi) is 1.54. The minimum Gasteiger partial charge on any atom is -0.390 e. The Bertz CT molecular complexity index is 308. The fourth-order valence-corrected chi connectivity index (χ4v) is 1.83. The van der Waals surface area contributed by atoms with E-state index in [1.807, 2.05) is 0 Å². The molecular weight excluding hydrogens is 180 g/mol. The number of fused-ring (bicyclic) bond motifs is 1. The normalized spacial score (nSPS) is 38.0. The predicted molar refractivity (Wildman–Crippen MR) is 45.9 cm³/mol. The second-order valence-electron chi connectivity index (χ2n) is 3.03. The highest BCUT2D eigenvalue weighted by molar-refractivity contribution is 7.80. The second-order valence-corrected chi connectivity index (χ2v) is 3.47. The molecule has 0 aromatic heterocycles. The van der Waals surface area contributed by atoms with E-state index in [4.69, 9.17) is 5.73 Å². The van der Waals surface area contributed by atoms with E-state index in [-0.39, 0.29) is 16.5 Å². The molecule has 64 valence electrons. The van der Waals surface area contributed by atoms with Gasteiger partial charge in [-0.2, -0.15) is 0 Å². The lowest BCUT2D eigenvalue weighted by molar-refractivity contribution is 0.450. The van der Waals surface area contributed by atoms with E-state index >= 15 is 0 Å². The largest absolute Gasteiger partial charge is 0.390 e. The molecule has 0 bridgehead atoms. The van der Waals surface area contributed by atoms with Crippen molar-refractivity contribution in [2.45, 2.75) is 6.17 Å². The van der Waals surface area contributed by atoms with Crippen molar-refractivity contribution >= 4 is 17.2 Å². The Labute approximate surface area is 73.9 Å². The van der Waals surface area contributed by atoms with Crippen molar-refractivity contribution in [2.75, 3.05) is 0 Å². The van der Waals surface area contributed by atoms with Gasteiger partial charge in [-0.15, -0.1) is 0 Å². The van der Waals surface area contributed by atoms with E-state index in [9.17, 15) is 8.78 Å². The van der Waals surface area contributed by atoms with Gasteiger partial charge in [0.1, 0.15) is 17.0 Å². The van der Waals surface area contributed by atoms with Gasteiger partial charge in [-0.3, -0.25) is 0 Å². The molecular formula is C8H7F2NS. The topological polar surface area (TPSA) is 26.0 Å². The third-order valence-electron chi connectivity index (χ3n) is 2.31. The van der Waals surface area contributed by atoms with Gasteiger partial charge in [0.15, 0.2) is 0 Å². The highest BCUT2D eigenvalue weighted by Crippen LogP contribution is 2.51. The van der Waals surface area contributed by atoms with Crippen LogP contribution in [-0.2, 0) is 0 Å². The fourth-order valence-electron chi connectivity index (χ4n) is 1.60. The summed E-state index contributed by atoms with van der Waals surface area (Å²) >= 11 is 4.63. The lowest BCUT2D eigenvalue weighted by atomic mass is 10.0. The third kappa shape index (κ3) is 0.909. The van der Waals surface area contributed by atoms with Crippen LogP contribution in [0.3, 0.4) is 0 Å². The minimum atomic E-state index is -0.994. The van der Waals surface area contributed by atoms with Crippen molar-refractivity contribution in [2.24, 2.45) is 17.6 Å². The van der Waals surface area contributed by atoms with Crippen LogP contribution in [0.5, 0.6) is 0 Å². The van der Waals surface area contributed by atoms with Crippen LogP contribution >= 0.6 is 12.2 Å². The summed E-state index contributed by atoms with van der Waals surface area (Å²) in [6.45, 7) is 0. The molecule has 0 heterocycles. The summed E-state index contributed by atoms with van der Waals surface area (Å²) in [7, 11) is 0. The molecule has 2 N–H and O–H groups in total. The summed E-state index contributed by atoms with van der Waals surface area (Å²) in [5.74, 6) is -1.09. The van der Waals surface area contributed by atoms with Gasteiger partial charge in [0, 0.05) is 17.4 Å². The zero-order valence-corrected chi connectivity index (χ0v) is 6.94. The molecule has 1 saturated carbocycles. The van der Waals surface area contributed by atoms with Gasteiger partial charge in [0.2, 0.25) is 0 Å². The van der Waals surface area contributed by atoms with Crippen LogP contribution in [0.2, 0.25) is 0 Å². The quantitative estimate of drug-likeness (QED) is 0.632. The Hall–Kier alpha value is -0.770. The van der Waals surface area contributed by atoms with E-state index in [0.29, 0.717) is 0 Å². The molecule has 12 heavy (non-hydrogen) atoms. The van der Waals surface area contributed by atoms with Gasteiger partial charge in [-0.05, 0) is 6.08 Å². The van der Waals surface area contributed by atoms with Crippen LogP contribution in [0.25, 0.3) is 0 Å². The average Bonchev–Trinajstić information content (AvgIpc) is 2.61. The molecule has 0 aromatic rings. The molecule has 0 spiro atoms. The lowest BCUT2D eigenvalue weighted by Crippen LogP contribution is -2.16. The Morgan fingerprint density at radius 1 is 1.58 bits per heavy atom. The number of thiocarbonyl (C=S) groups is 1. The summed E-state index contributed by atoms with van der Waals surface area (Å²) in [4.78, 5) is -0.0213. The molecule has 3 unspecified atom stereocenters. The first-order valence-electron chi connectivity index (χ1n) is 3.64. The first-order valence-corrected chi connectivity index (χ1v) is 4.05. The standard InChI is InChI=1S/C8H7F2NS/c9-4-2-1-3-5(7(3)10)6(4)8(11)12/h1-3,5,7H,(H2,11,12). The first-order chi connectivity index (χ1) is 5.63. The minimum absolute atomic E-state index is 0.0213. The third-order valence-corrected chi connectivity index (χ3v) is 2.53. The van der Waals surface area contributed by atoms with Crippen molar-refractivity contribution in [3.05, 3.63) is 23.6 Å². The Morgan fingerprint density at radius 3 is 2.75 bits per heavy atom. The molecule has 1 fully saturated rings. The van der Waals surface area contributed by atoms with E-state index in [2.05, 4.69) is 12.2 Å². The molecule has 2 aliphatic rings. The maximum absolute atomic E-state index is 13.0. The van der Waals surface area contributed by atoms with Crippen molar-refractivity contribution in [3.8, 4) is 0 Å². The van der Waals surface area contributed by atoms with E-state index in [1.54, 1.807) is 0 Å². The number of hydrogen-bond acceptors (Lipinski definition) is 1. The van der Waals surface area contributed by atoms with Gasteiger partial charge >= 0.3 is 0 Å². The first kappa shape index (κ1) is 7.86. The van der Waals surface area contributed by atoms with Crippen LogP contribution in [0.4, 0.5) is 8.78 Å². The number of allylic oxidation sites excluding steroid dienone is 3.